The third-order valence-corrected chi connectivity index (χ3v) is 2.65. The third kappa shape index (κ3) is 6.81. The van der Waals surface area contributed by atoms with Crippen molar-refractivity contribution < 1.29 is 0 Å². The SMILES string of the molecule is C=CCN(CC=C)C(CC)CNCC(C)C. The minimum Gasteiger partial charge on any atom is -0.315 e. The second-order valence-electron chi connectivity index (χ2n) is 4.65. The van der Waals surface area contributed by atoms with Gasteiger partial charge in [0, 0.05) is 25.7 Å². The van der Waals surface area contributed by atoms with Gasteiger partial charge in [0.1, 0.15) is 0 Å². The molecule has 0 saturated heterocycles. The molecule has 0 aromatic heterocycles. The van der Waals surface area contributed by atoms with E-state index < -0.39 is 0 Å². The lowest BCUT2D eigenvalue weighted by Crippen LogP contribution is -2.43. The number of rotatable bonds is 10. The molecule has 0 aromatic rings. The first-order valence-corrected chi connectivity index (χ1v) is 6.32. The average Bonchev–Trinajstić information content (AvgIpc) is 2.24. The molecule has 1 N–H and O–H groups in total. The first kappa shape index (κ1) is 15.4. The van der Waals surface area contributed by atoms with Gasteiger partial charge in [-0.25, -0.2) is 0 Å². The molecular formula is C14H28N2. The van der Waals surface area contributed by atoms with Gasteiger partial charge in [-0.05, 0) is 18.9 Å². The summed E-state index contributed by atoms with van der Waals surface area (Å²) in [4.78, 5) is 2.41. The van der Waals surface area contributed by atoms with Gasteiger partial charge in [0.15, 0.2) is 0 Å². The van der Waals surface area contributed by atoms with Crippen molar-refractivity contribution in [3.63, 3.8) is 0 Å². The zero-order valence-electron chi connectivity index (χ0n) is 11.2. The average molecular weight is 224 g/mol. The standard InChI is InChI=1S/C14H28N2/c1-6-9-16(10-7-2)14(8-3)12-15-11-13(4)5/h6-7,13-15H,1-2,8-12H2,3-5H3. The Morgan fingerprint density at radius 3 is 2.06 bits per heavy atom. The highest BCUT2D eigenvalue weighted by Crippen LogP contribution is 2.04. The van der Waals surface area contributed by atoms with Gasteiger partial charge in [0.25, 0.3) is 0 Å². The smallest absolute Gasteiger partial charge is 0.0224 e. The van der Waals surface area contributed by atoms with Crippen LogP contribution in [0.15, 0.2) is 25.3 Å². The molecule has 0 heterocycles. The molecule has 2 heteroatoms. The van der Waals surface area contributed by atoms with E-state index in [0.717, 1.165) is 32.6 Å². The van der Waals surface area contributed by atoms with E-state index in [2.05, 4.69) is 44.1 Å². The van der Waals surface area contributed by atoms with Crippen LogP contribution in [0.4, 0.5) is 0 Å². The Hall–Kier alpha value is -0.600. The Kier molecular flexibility index (Phi) is 9.25. The molecule has 94 valence electrons. The number of hydrogen-bond acceptors (Lipinski definition) is 2. The van der Waals surface area contributed by atoms with Crippen LogP contribution in [0, 0.1) is 5.92 Å². The molecule has 1 unspecified atom stereocenters. The lowest BCUT2D eigenvalue weighted by Gasteiger charge is -2.29. The Morgan fingerprint density at radius 1 is 1.12 bits per heavy atom. The van der Waals surface area contributed by atoms with Crippen LogP contribution < -0.4 is 5.32 Å². The highest BCUT2D eigenvalue weighted by molar-refractivity contribution is 4.85. The van der Waals surface area contributed by atoms with Crippen LogP contribution in [-0.2, 0) is 0 Å². The molecule has 0 saturated carbocycles. The first-order chi connectivity index (χ1) is 7.65. The minimum absolute atomic E-state index is 0.578. The van der Waals surface area contributed by atoms with E-state index in [1.54, 1.807) is 0 Å². The molecule has 0 radical (unpaired) electrons. The number of nitrogens with zero attached hydrogens (tertiary/aromatic N) is 1. The summed E-state index contributed by atoms with van der Waals surface area (Å²) in [6.45, 7) is 18.3. The minimum atomic E-state index is 0.578. The molecule has 0 amide bonds. The van der Waals surface area contributed by atoms with Crippen LogP contribution in [0.25, 0.3) is 0 Å². The topological polar surface area (TPSA) is 15.3 Å². The maximum Gasteiger partial charge on any atom is 0.0224 e. The molecule has 0 fully saturated rings. The van der Waals surface area contributed by atoms with Crippen LogP contribution in [0.3, 0.4) is 0 Å². The number of nitrogens with one attached hydrogen (secondary N) is 1. The van der Waals surface area contributed by atoms with Gasteiger partial charge < -0.3 is 5.32 Å². The fraction of sp³-hybridized carbons (Fsp3) is 0.714. The summed E-state index contributed by atoms with van der Waals surface area (Å²) < 4.78 is 0. The molecule has 1 atom stereocenters. The van der Waals surface area contributed by atoms with Gasteiger partial charge in [-0.15, -0.1) is 13.2 Å². The van der Waals surface area contributed by atoms with Crippen molar-refractivity contribution in [2.45, 2.75) is 33.2 Å². The molecule has 16 heavy (non-hydrogen) atoms. The van der Waals surface area contributed by atoms with E-state index in [1.165, 1.54) is 0 Å². The van der Waals surface area contributed by atoms with Crippen molar-refractivity contribution in [2.24, 2.45) is 5.92 Å². The fourth-order valence-corrected chi connectivity index (χ4v) is 1.77. The van der Waals surface area contributed by atoms with E-state index >= 15 is 0 Å². The van der Waals surface area contributed by atoms with Crippen molar-refractivity contribution in [1.29, 1.82) is 0 Å². The van der Waals surface area contributed by atoms with Crippen LogP contribution in [0.5, 0.6) is 0 Å². The molecule has 0 rings (SSSR count). The van der Waals surface area contributed by atoms with Crippen molar-refractivity contribution in [3.8, 4) is 0 Å². The summed E-state index contributed by atoms with van der Waals surface area (Å²) in [6, 6.07) is 0.578. The zero-order chi connectivity index (χ0) is 12.4. The summed E-state index contributed by atoms with van der Waals surface area (Å²) in [5.74, 6) is 0.713. The normalized spacial score (nSPS) is 13.1. The summed E-state index contributed by atoms with van der Waals surface area (Å²) in [7, 11) is 0. The molecule has 2 nitrogen and oxygen atoms in total. The Bertz CT molecular complexity index is 177. The van der Waals surface area contributed by atoms with Gasteiger partial charge in [0.2, 0.25) is 0 Å². The van der Waals surface area contributed by atoms with Crippen LogP contribution in [0.1, 0.15) is 27.2 Å². The maximum absolute atomic E-state index is 3.81. The summed E-state index contributed by atoms with van der Waals surface area (Å²) in [6.07, 6.45) is 5.09. The molecule has 0 spiro atoms. The summed E-state index contributed by atoms with van der Waals surface area (Å²) >= 11 is 0. The Morgan fingerprint density at radius 2 is 1.69 bits per heavy atom. The van der Waals surface area contributed by atoms with Gasteiger partial charge >= 0.3 is 0 Å². The molecule has 0 bridgehead atoms. The second kappa shape index (κ2) is 9.61. The van der Waals surface area contributed by atoms with Crippen molar-refractivity contribution >= 4 is 0 Å². The highest BCUT2D eigenvalue weighted by Gasteiger charge is 2.13. The molecule has 0 aliphatic heterocycles. The lowest BCUT2D eigenvalue weighted by atomic mass is 10.1. The van der Waals surface area contributed by atoms with Crippen LogP contribution in [0.2, 0.25) is 0 Å². The van der Waals surface area contributed by atoms with E-state index in [1.807, 2.05) is 12.2 Å². The molecule has 0 aromatic carbocycles. The first-order valence-electron chi connectivity index (χ1n) is 6.32. The van der Waals surface area contributed by atoms with Crippen molar-refractivity contribution in [3.05, 3.63) is 25.3 Å². The fourth-order valence-electron chi connectivity index (χ4n) is 1.77. The van der Waals surface area contributed by atoms with E-state index in [4.69, 9.17) is 0 Å². The zero-order valence-corrected chi connectivity index (χ0v) is 11.2. The largest absolute Gasteiger partial charge is 0.315 e. The van der Waals surface area contributed by atoms with E-state index in [-0.39, 0.29) is 0 Å². The van der Waals surface area contributed by atoms with Crippen LogP contribution >= 0.6 is 0 Å². The predicted molar refractivity (Wildman–Crippen MR) is 73.8 cm³/mol. The van der Waals surface area contributed by atoms with Crippen LogP contribution in [-0.4, -0.2) is 37.1 Å². The summed E-state index contributed by atoms with van der Waals surface area (Å²) in [5, 5.41) is 3.52. The monoisotopic (exact) mass is 224 g/mol. The van der Waals surface area contributed by atoms with Crippen molar-refractivity contribution in [1.82, 2.24) is 10.2 Å². The third-order valence-electron chi connectivity index (χ3n) is 2.65. The Labute approximate surface area is 101 Å². The highest BCUT2D eigenvalue weighted by atomic mass is 15.2. The van der Waals surface area contributed by atoms with E-state index in [0.29, 0.717) is 12.0 Å². The number of hydrogen-bond donors (Lipinski definition) is 1. The summed E-state index contributed by atoms with van der Waals surface area (Å²) in [5.41, 5.74) is 0. The maximum atomic E-state index is 3.81. The molecule has 0 aliphatic rings. The molecular weight excluding hydrogens is 196 g/mol. The Balaban J connectivity index is 4.08. The molecule has 0 aliphatic carbocycles. The van der Waals surface area contributed by atoms with Crippen molar-refractivity contribution in [2.75, 3.05) is 26.2 Å². The lowest BCUT2D eigenvalue weighted by molar-refractivity contribution is 0.226. The van der Waals surface area contributed by atoms with Gasteiger partial charge in [0.05, 0.1) is 0 Å². The van der Waals surface area contributed by atoms with E-state index in [9.17, 15) is 0 Å². The predicted octanol–water partition coefficient (Wildman–Crippen LogP) is 2.68. The van der Waals surface area contributed by atoms with Gasteiger partial charge in [-0.2, -0.15) is 0 Å². The second-order valence-corrected chi connectivity index (χ2v) is 4.65. The quantitative estimate of drug-likeness (QED) is 0.574. The van der Waals surface area contributed by atoms with Gasteiger partial charge in [-0.3, -0.25) is 4.90 Å². The van der Waals surface area contributed by atoms with Gasteiger partial charge in [-0.1, -0.05) is 32.9 Å².